The molecule has 0 aliphatic heterocycles. The molecule has 0 radical (unpaired) electrons. The number of hydrogen-bond donors (Lipinski definition) is 2. The van der Waals surface area contributed by atoms with Gasteiger partial charge in [0.2, 0.25) is 0 Å². The van der Waals surface area contributed by atoms with Crippen LogP contribution >= 0.6 is 23.4 Å². The highest BCUT2D eigenvalue weighted by molar-refractivity contribution is 7.98. The number of nitrogens with two attached hydrogens (primary N) is 1. The summed E-state index contributed by atoms with van der Waals surface area (Å²) in [6.07, 6.45) is 12.9. The van der Waals surface area contributed by atoms with Crippen LogP contribution in [0.3, 0.4) is 0 Å². The van der Waals surface area contributed by atoms with Crippen molar-refractivity contribution in [3.8, 4) is 5.69 Å². The molecule has 0 fully saturated rings. The quantitative estimate of drug-likeness (QED) is 0.122. The summed E-state index contributed by atoms with van der Waals surface area (Å²) in [4.78, 5) is 20.5. The average Bonchev–Trinajstić information content (AvgIpc) is 2.88. The van der Waals surface area contributed by atoms with Crippen LogP contribution in [0.5, 0.6) is 0 Å². The summed E-state index contributed by atoms with van der Waals surface area (Å²) in [6.45, 7) is 2.53. The van der Waals surface area contributed by atoms with Crippen molar-refractivity contribution in [3.05, 3.63) is 101 Å². The number of alkyl halides is 1. The van der Waals surface area contributed by atoms with E-state index in [1.807, 2.05) is 93.1 Å². The second-order valence-electron chi connectivity index (χ2n) is 7.54. The molecule has 0 unspecified atom stereocenters. The second kappa shape index (κ2) is 13.0. The van der Waals surface area contributed by atoms with Crippen LogP contribution in [-0.2, 0) is 0 Å². The lowest BCUT2D eigenvalue weighted by Gasteiger charge is -2.26. The number of nitrogens with zero attached hydrogens (tertiary/aromatic N) is 3. The van der Waals surface area contributed by atoms with Gasteiger partial charge in [-0.25, -0.2) is 4.98 Å². The smallest absolute Gasteiger partial charge is 0.272 e. The lowest BCUT2D eigenvalue weighted by atomic mass is 10.2. The van der Waals surface area contributed by atoms with Gasteiger partial charge in [0.1, 0.15) is 6.33 Å². The van der Waals surface area contributed by atoms with Gasteiger partial charge < -0.3 is 16.0 Å². The first-order valence-electron chi connectivity index (χ1n) is 11.1. The number of aromatic nitrogens is 2. The molecule has 6 nitrogen and oxygen atoms in total. The zero-order valence-corrected chi connectivity index (χ0v) is 21.7. The summed E-state index contributed by atoms with van der Waals surface area (Å²) in [5, 5.41) is 3.19. The Morgan fingerprint density at radius 2 is 2.00 bits per heavy atom. The van der Waals surface area contributed by atoms with E-state index in [-0.39, 0.29) is 5.56 Å². The van der Waals surface area contributed by atoms with E-state index in [4.69, 9.17) is 17.3 Å². The van der Waals surface area contributed by atoms with E-state index in [0.717, 1.165) is 16.9 Å². The third kappa shape index (κ3) is 6.45. The van der Waals surface area contributed by atoms with Gasteiger partial charge in [0, 0.05) is 11.6 Å². The molecule has 182 valence electrons. The Hall–Kier alpha value is -3.26. The van der Waals surface area contributed by atoms with Crippen LogP contribution in [0.15, 0.2) is 94.4 Å². The van der Waals surface area contributed by atoms with E-state index >= 15 is 0 Å². The molecule has 3 N–H and O–H groups in total. The van der Waals surface area contributed by atoms with Crippen molar-refractivity contribution in [3.63, 3.8) is 0 Å². The summed E-state index contributed by atoms with van der Waals surface area (Å²) < 4.78 is 1.53. The summed E-state index contributed by atoms with van der Waals surface area (Å²) in [7, 11) is 1.89. The molecular formula is C27H30ClN5OS. The zero-order chi connectivity index (χ0) is 25.2. The molecule has 0 amide bonds. The van der Waals surface area contributed by atoms with Gasteiger partial charge in [0.15, 0.2) is 0 Å². The first kappa shape index (κ1) is 26.3. The molecule has 0 spiro atoms. The van der Waals surface area contributed by atoms with Gasteiger partial charge in [-0.15, -0.1) is 23.4 Å². The minimum atomic E-state index is -0.146. The topological polar surface area (TPSA) is 76.2 Å². The molecule has 8 heteroatoms. The largest absolute Gasteiger partial charge is 0.397 e. The number of benzene rings is 2. The Labute approximate surface area is 215 Å². The lowest BCUT2D eigenvalue weighted by molar-refractivity contribution is 0.802. The van der Waals surface area contributed by atoms with Crippen LogP contribution in [0.4, 0.5) is 17.1 Å². The van der Waals surface area contributed by atoms with Crippen LogP contribution in [-0.4, -0.2) is 35.4 Å². The molecule has 0 aliphatic carbocycles. The van der Waals surface area contributed by atoms with Crippen molar-refractivity contribution in [2.75, 3.05) is 36.5 Å². The summed E-state index contributed by atoms with van der Waals surface area (Å²) in [5.41, 5.74) is 11.0. The third-order valence-electron chi connectivity index (χ3n) is 5.29. The Bertz CT molecular complexity index is 1280. The Morgan fingerprint density at radius 1 is 1.23 bits per heavy atom. The Kier molecular flexibility index (Phi) is 9.78. The Balaban J connectivity index is 1.98. The number of rotatable bonds is 10. The standard InChI is InChI=1S/C27H30ClN5OS/c1-4-20(9-8-16-28)12-14-24-26(35-3)27(34)33(19-31-24)22-13-15-25(23(29)17-22)32(18-30-2)21-10-6-5-7-11-21/h4-15,17,19,30H,16,18,29H2,1-3H3/b9-8-,14-12+,20-4+. The van der Waals surface area contributed by atoms with Crippen LogP contribution in [0.25, 0.3) is 11.8 Å². The van der Waals surface area contributed by atoms with E-state index in [9.17, 15) is 4.79 Å². The molecule has 35 heavy (non-hydrogen) atoms. The van der Waals surface area contributed by atoms with Gasteiger partial charge in [0.25, 0.3) is 5.56 Å². The lowest BCUT2D eigenvalue weighted by Crippen LogP contribution is -2.28. The molecule has 3 aromatic rings. The Morgan fingerprint density at radius 3 is 2.63 bits per heavy atom. The van der Waals surface area contributed by atoms with Crippen molar-refractivity contribution in [2.45, 2.75) is 11.8 Å². The van der Waals surface area contributed by atoms with Gasteiger partial charge in [0.05, 0.1) is 34.3 Å². The van der Waals surface area contributed by atoms with Gasteiger partial charge in [-0.3, -0.25) is 9.36 Å². The maximum absolute atomic E-state index is 13.3. The van der Waals surface area contributed by atoms with Crippen LogP contribution < -0.4 is 21.5 Å². The SMILES string of the molecule is C/C=C(\C=C/CCl)/C=C/c1ncn(-c2ccc(N(CNC)c3ccccc3)c(N)c2)c(=O)c1SC. The van der Waals surface area contributed by atoms with Crippen molar-refractivity contribution in [1.29, 1.82) is 0 Å². The highest BCUT2D eigenvalue weighted by Gasteiger charge is 2.15. The minimum absolute atomic E-state index is 0.146. The zero-order valence-electron chi connectivity index (χ0n) is 20.1. The van der Waals surface area contributed by atoms with Gasteiger partial charge in [-0.05, 0) is 62.2 Å². The van der Waals surface area contributed by atoms with Crippen LogP contribution in [0.2, 0.25) is 0 Å². The number of allylic oxidation sites excluding steroid dienone is 5. The fourth-order valence-electron chi connectivity index (χ4n) is 3.57. The third-order valence-corrected chi connectivity index (χ3v) is 6.26. The van der Waals surface area contributed by atoms with Gasteiger partial charge in [-0.1, -0.05) is 42.5 Å². The minimum Gasteiger partial charge on any atom is -0.397 e. The fraction of sp³-hybridized carbons (Fsp3) is 0.185. The number of hydrogen-bond acceptors (Lipinski definition) is 6. The first-order valence-corrected chi connectivity index (χ1v) is 12.9. The average molecular weight is 508 g/mol. The van der Waals surface area contributed by atoms with E-state index in [0.29, 0.717) is 34.5 Å². The van der Waals surface area contributed by atoms with Crippen LogP contribution in [0, 0.1) is 0 Å². The van der Waals surface area contributed by atoms with E-state index in [1.54, 1.807) is 12.4 Å². The van der Waals surface area contributed by atoms with Gasteiger partial charge >= 0.3 is 0 Å². The molecule has 1 aromatic heterocycles. The summed E-state index contributed by atoms with van der Waals surface area (Å²) >= 11 is 7.11. The van der Waals surface area contributed by atoms with Crippen molar-refractivity contribution < 1.29 is 0 Å². The van der Waals surface area contributed by atoms with Gasteiger partial charge in [-0.2, -0.15) is 0 Å². The first-order chi connectivity index (χ1) is 17.0. The predicted molar refractivity (Wildman–Crippen MR) is 151 cm³/mol. The number of nitrogens with one attached hydrogen (secondary N) is 1. The molecule has 0 saturated carbocycles. The highest BCUT2D eigenvalue weighted by atomic mass is 35.5. The normalized spacial score (nSPS) is 12.1. The number of anilines is 3. The van der Waals surface area contributed by atoms with E-state index in [1.165, 1.54) is 16.3 Å². The molecule has 2 aromatic carbocycles. The van der Waals surface area contributed by atoms with Crippen LogP contribution in [0.1, 0.15) is 12.6 Å². The predicted octanol–water partition coefficient (Wildman–Crippen LogP) is 5.61. The van der Waals surface area contributed by atoms with E-state index < -0.39 is 0 Å². The second-order valence-corrected chi connectivity index (χ2v) is 8.66. The summed E-state index contributed by atoms with van der Waals surface area (Å²) in [6, 6.07) is 15.6. The molecule has 3 rings (SSSR count). The molecule has 0 aliphatic rings. The molecule has 0 atom stereocenters. The molecule has 0 saturated heterocycles. The molecule has 1 heterocycles. The van der Waals surface area contributed by atoms with Crippen molar-refractivity contribution in [2.24, 2.45) is 0 Å². The van der Waals surface area contributed by atoms with Crippen molar-refractivity contribution >= 4 is 46.5 Å². The number of para-hydroxylation sites is 1. The number of halogens is 1. The molecule has 0 bridgehead atoms. The number of nitrogen functional groups attached to an aromatic ring is 1. The number of thioether (sulfide) groups is 1. The maximum atomic E-state index is 13.3. The highest BCUT2D eigenvalue weighted by Crippen LogP contribution is 2.31. The fourth-order valence-corrected chi connectivity index (χ4v) is 4.26. The summed E-state index contributed by atoms with van der Waals surface area (Å²) in [5.74, 6) is 0.440. The van der Waals surface area contributed by atoms with Crippen molar-refractivity contribution in [1.82, 2.24) is 14.9 Å². The monoisotopic (exact) mass is 507 g/mol. The molecular weight excluding hydrogens is 478 g/mol. The van der Waals surface area contributed by atoms with E-state index in [2.05, 4.69) is 15.2 Å². The maximum Gasteiger partial charge on any atom is 0.272 e.